The molecule has 1 aromatic carbocycles. The summed E-state index contributed by atoms with van der Waals surface area (Å²) in [5.41, 5.74) is 0.708. The Balaban J connectivity index is 2.37. The highest BCUT2D eigenvalue weighted by atomic mass is 35.5. The quantitative estimate of drug-likeness (QED) is 0.699. The monoisotopic (exact) mass is 267 g/mol. The van der Waals surface area contributed by atoms with E-state index in [1.807, 2.05) is 12.1 Å². The lowest BCUT2D eigenvalue weighted by atomic mass is 10.1. The number of carbonyl (C=O) groups excluding carboxylic acids is 1. The normalized spacial score (nSPS) is 11.2. The lowest BCUT2D eigenvalue weighted by Crippen LogP contribution is -2.24. The van der Waals surface area contributed by atoms with E-state index in [9.17, 15) is 4.79 Å². The predicted octanol–water partition coefficient (Wildman–Crippen LogP) is 3.89. The number of Topliss-reactive ketones (excluding diaryl/α,β-unsaturated/α-hetero) is 1. The smallest absolute Gasteiger partial charge is 0.164 e. The molecule has 2 nitrogen and oxygen atoms in total. The van der Waals surface area contributed by atoms with Crippen molar-refractivity contribution in [2.75, 3.05) is 20.1 Å². The molecule has 0 amide bonds. The van der Waals surface area contributed by atoms with E-state index in [1.165, 1.54) is 6.42 Å². The van der Waals surface area contributed by atoms with Crippen molar-refractivity contribution in [3.05, 3.63) is 34.9 Å². The average Bonchev–Trinajstić information content (AvgIpc) is 2.33. The van der Waals surface area contributed by atoms with Crippen molar-refractivity contribution in [1.82, 2.24) is 4.90 Å². The molecular formula is C15H22ClNO. The minimum Gasteiger partial charge on any atom is -0.306 e. The molecule has 0 N–H and O–H groups in total. The molecule has 0 saturated heterocycles. The van der Waals surface area contributed by atoms with Crippen molar-refractivity contribution in [3.63, 3.8) is 0 Å². The molecule has 0 aliphatic heterocycles. The first-order valence-electron chi connectivity index (χ1n) is 6.46. The van der Waals surface area contributed by atoms with Crippen molar-refractivity contribution in [2.24, 2.45) is 5.92 Å². The summed E-state index contributed by atoms with van der Waals surface area (Å²) in [7, 11) is 2.06. The zero-order valence-corrected chi connectivity index (χ0v) is 12.2. The summed E-state index contributed by atoms with van der Waals surface area (Å²) in [5.74, 6) is 0.866. The molecule has 0 atom stereocenters. The third-order valence-electron chi connectivity index (χ3n) is 2.96. The van der Waals surface area contributed by atoms with Crippen molar-refractivity contribution >= 4 is 17.4 Å². The maximum atomic E-state index is 12.0. The summed E-state index contributed by atoms with van der Waals surface area (Å²) in [6.45, 7) is 6.27. The molecule has 1 aromatic rings. The summed E-state index contributed by atoms with van der Waals surface area (Å²) in [6, 6.07) is 7.16. The van der Waals surface area contributed by atoms with Crippen LogP contribution in [0.25, 0.3) is 0 Å². The largest absolute Gasteiger partial charge is 0.306 e. The molecule has 0 aromatic heterocycles. The van der Waals surface area contributed by atoms with E-state index in [2.05, 4.69) is 25.8 Å². The van der Waals surface area contributed by atoms with Crippen LogP contribution in [0.5, 0.6) is 0 Å². The minimum atomic E-state index is 0.161. The van der Waals surface area contributed by atoms with E-state index >= 15 is 0 Å². The van der Waals surface area contributed by atoms with Gasteiger partial charge in [0.2, 0.25) is 0 Å². The molecule has 0 aliphatic rings. The molecule has 100 valence electrons. The van der Waals surface area contributed by atoms with Crippen LogP contribution in [0.4, 0.5) is 0 Å². The van der Waals surface area contributed by atoms with Crippen molar-refractivity contribution in [3.8, 4) is 0 Å². The zero-order valence-electron chi connectivity index (χ0n) is 11.4. The van der Waals surface area contributed by atoms with Crippen molar-refractivity contribution in [2.45, 2.75) is 26.7 Å². The first-order chi connectivity index (χ1) is 8.49. The minimum absolute atomic E-state index is 0.161. The van der Waals surface area contributed by atoms with Gasteiger partial charge in [-0.2, -0.15) is 0 Å². The van der Waals surface area contributed by atoms with Gasteiger partial charge in [-0.3, -0.25) is 4.79 Å². The number of halogens is 1. The first-order valence-corrected chi connectivity index (χ1v) is 6.84. The van der Waals surface area contributed by atoms with Gasteiger partial charge in [-0.15, -0.1) is 0 Å². The van der Waals surface area contributed by atoms with E-state index in [-0.39, 0.29) is 5.78 Å². The fraction of sp³-hybridized carbons (Fsp3) is 0.533. The van der Waals surface area contributed by atoms with E-state index in [0.29, 0.717) is 22.9 Å². The highest BCUT2D eigenvalue weighted by molar-refractivity contribution is 6.31. The lowest BCUT2D eigenvalue weighted by molar-refractivity contribution is 0.0968. The second kappa shape index (κ2) is 7.55. The fourth-order valence-corrected chi connectivity index (χ4v) is 1.88. The Hall–Kier alpha value is -0.860. The van der Waals surface area contributed by atoms with Gasteiger partial charge in [0.1, 0.15) is 0 Å². The maximum Gasteiger partial charge on any atom is 0.164 e. The average molecular weight is 268 g/mol. The number of hydrogen-bond donors (Lipinski definition) is 0. The highest BCUT2D eigenvalue weighted by Crippen LogP contribution is 2.12. The number of ketones is 1. The van der Waals surface area contributed by atoms with Gasteiger partial charge in [0.15, 0.2) is 5.78 Å². The van der Waals surface area contributed by atoms with Gasteiger partial charge in [-0.05, 0) is 38.1 Å². The molecule has 0 fully saturated rings. The Bertz CT molecular complexity index is 390. The summed E-state index contributed by atoms with van der Waals surface area (Å²) in [6.07, 6.45) is 1.72. The van der Waals surface area contributed by atoms with Crippen LogP contribution in [-0.2, 0) is 0 Å². The number of rotatable bonds is 7. The number of nitrogens with zero attached hydrogens (tertiary/aromatic N) is 1. The Labute approximate surface area is 115 Å². The summed E-state index contributed by atoms with van der Waals surface area (Å²) >= 11 is 5.87. The van der Waals surface area contributed by atoms with E-state index < -0.39 is 0 Å². The highest BCUT2D eigenvalue weighted by Gasteiger charge is 2.08. The van der Waals surface area contributed by atoms with Crippen LogP contribution in [0.2, 0.25) is 5.02 Å². The Morgan fingerprint density at radius 3 is 2.67 bits per heavy atom. The third kappa shape index (κ3) is 5.65. The van der Waals surface area contributed by atoms with Crippen LogP contribution >= 0.6 is 11.6 Å². The molecule has 18 heavy (non-hydrogen) atoms. The second-order valence-corrected chi connectivity index (χ2v) is 5.61. The summed E-state index contributed by atoms with van der Waals surface area (Å²) in [4.78, 5) is 14.2. The molecule has 0 bridgehead atoms. The molecule has 0 aliphatic carbocycles. The zero-order chi connectivity index (χ0) is 13.5. The second-order valence-electron chi connectivity index (χ2n) is 5.17. The molecule has 1 rings (SSSR count). The van der Waals surface area contributed by atoms with Gasteiger partial charge < -0.3 is 4.90 Å². The van der Waals surface area contributed by atoms with Gasteiger partial charge in [-0.25, -0.2) is 0 Å². The van der Waals surface area contributed by atoms with Gasteiger partial charge in [0, 0.05) is 23.6 Å². The molecule has 3 heteroatoms. The van der Waals surface area contributed by atoms with Gasteiger partial charge in [0.05, 0.1) is 0 Å². The molecule has 0 radical (unpaired) electrons. The Morgan fingerprint density at radius 1 is 1.33 bits per heavy atom. The van der Waals surface area contributed by atoms with Crippen molar-refractivity contribution in [1.29, 1.82) is 0 Å². The third-order valence-corrected chi connectivity index (χ3v) is 3.19. The summed E-state index contributed by atoms with van der Waals surface area (Å²) in [5, 5.41) is 0.619. The Kier molecular flexibility index (Phi) is 6.37. The van der Waals surface area contributed by atoms with Gasteiger partial charge in [-0.1, -0.05) is 37.6 Å². The van der Waals surface area contributed by atoms with Gasteiger partial charge >= 0.3 is 0 Å². The van der Waals surface area contributed by atoms with Gasteiger partial charge in [0.25, 0.3) is 0 Å². The number of benzene rings is 1. The standard InChI is InChI=1S/C15H22ClNO/c1-12(2)7-9-17(3)10-8-15(18)13-5-4-6-14(16)11-13/h4-6,11-12H,7-10H2,1-3H3. The van der Waals surface area contributed by atoms with E-state index in [1.54, 1.807) is 12.1 Å². The summed E-state index contributed by atoms with van der Waals surface area (Å²) < 4.78 is 0. The topological polar surface area (TPSA) is 20.3 Å². The number of carbonyl (C=O) groups is 1. The predicted molar refractivity (Wildman–Crippen MR) is 77.4 cm³/mol. The SMILES string of the molecule is CC(C)CCN(C)CCC(=O)c1cccc(Cl)c1. The molecule has 0 heterocycles. The first kappa shape index (κ1) is 15.2. The van der Waals surface area contributed by atoms with E-state index in [0.717, 1.165) is 13.1 Å². The Morgan fingerprint density at radius 2 is 2.06 bits per heavy atom. The lowest BCUT2D eigenvalue weighted by Gasteiger charge is -2.17. The molecule has 0 unspecified atom stereocenters. The van der Waals surface area contributed by atoms with Crippen LogP contribution in [0.1, 0.15) is 37.0 Å². The fourth-order valence-electron chi connectivity index (χ4n) is 1.69. The molecular weight excluding hydrogens is 246 g/mol. The maximum absolute atomic E-state index is 12.0. The van der Waals surface area contributed by atoms with Crippen LogP contribution in [0.3, 0.4) is 0 Å². The van der Waals surface area contributed by atoms with E-state index in [4.69, 9.17) is 11.6 Å². The molecule has 0 saturated carbocycles. The van der Waals surface area contributed by atoms with Crippen LogP contribution in [0.15, 0.2) is 24.3 Å². The van der Waals surface area contributed by atoms with Crippen LogP contribution in [0, 0.1) is 5.92 Å². The molecule has 0 spiro atoms. The van der Waals surface area contributed by atoms with Crippen molar-refractivity contribution < 1.29 is 4.79 Å². The van der Waals surface area contributed by atoms with Crippen LogP contribution < -0.4 is 0 Å². The van der Waals surface area contributed by atoms with Crippen LogP contribution in [-0.4, -0.2) is 30.8 Å². The number of hydrogen-bond acceptors (Lipinski definition) is 2.